The molecule has 0 atom stereocenters. The molecule has 0 aliphatic carbocycles. The molecule has 1 aromatic heterocycles. The molecule has 1 amide bonds. The first-order valence-corrected chi connectivity index (χ1v) is 7.63. The number of aryl methyl sites for hydroxylation is 1. The van der Waals surface area contributed by atoms with Gasteiger partial charge in [-0.05, 0) is 44.5 Å². The summed E-state index contributed by atoms with van der Waals surface area (Å²) in [5.41, 5.74) is 2.75. The fraction of sp³-hybridized carbons (Fsp3) is 0.333. The third-order valence-corrected chi connectivity index (χ3v) is 3.81. The molecule has 0 spiro atoms. The fourth-order valence-corrected chi connectivity index (χ4v) is 2.54. The van der Waals surface area contributed by atoms with Gasteiger partial charge in [-0.25, -0.2) is 4.98 Å². The highest BCUT2D eigenvalue weighted by Crippen LogP contribution is 2.23. The van der Waals surface area contributed by atoms with Gasteiger partial charge in [0.05, 0.1) is 11.9 Å². The smallest absolute Gasteiger partial charge is 0.259 e. The average molecular weight is 297 g/mol. The van der Waals surface area contributed by atoms with Crippen molar-refractivity contribution in [1.29, 1.82) is 0 Å². The molecule has 1 aromatic carbocycles. The second-order valence-corrected chi connectivity index (χ2v) is 5.24. The van der Waals surface area contributed by atoms with Crippen molar-refractivity contribution in [2.45, 2.75) is 20.8 Å². The number of aromatic nitrogens is 1. The molecule has 1 heterocycles. The Morgan fingerprint density at radius 1 is 1.14 bits per heavy atom. The molecule has 116 valence electrons. The minimum Gasteiger partial charge on any atom is -0.371 e. The van der Waals surface area contributed by atoms with E-state index in [1.54, 1.807) is 11.9 Å². The Hall–Kier alpha value is -2.36. The highest BCUT2D eigenvalue weighted by atomic mass is 16.2. The first kappa shape index (κ1) is 16.0. The molecule has 0 aliphatic rings. The van der Waals surface area contributed by atoms with Crippen LogP contribution in [0.1, 0.15) is 29.8 Å². The predicted molar refractivity (Wildman–Crippen MR) is 91.7 cm³/mol. The summed E-state index contributed by atoms with van der Waals surface area (Å²) >= 11 is 0. The SMILES string of the molecule is CCN(CC)c1cnc(N(C)C(=O)c2ccccc2)c(C)c1. The highest BCUT2D eigenvalue weighted by Gasteiger charge is 2.17. The van der Waals surface area contributed by atoms with E-state index < -0.39 is 0 Å². The van der Waals surface area contributed by atoms with Gasteiger partial charge in [-0.15, -0.1) is 0 Å². The van der Waals surface area contributed by atoms with Crippen LogP contribution in [0.25, 0.3) is 0 Å². The van der Waals surface area contributed by atoms with Crippen LogP contribution in [-0.4, -0.2) is 31.0 Å². The first-order valence-electron chi connectivity index (χ1n) is 7.63. The van der Waals surface area contributed by atoms with Crippen LogP contribution < -0.4 is 9.80 Å². The van der Waals surface area contributed by atoms with E-state index in [0.717, 1.165) is 24.3 Å². The zero-order valence-corrected chi connectivity index (χ0v) is 13.7. The van der Waals surface area contributed by atoms with E-state index in [1.807, 2.05) is 43.5 Å². The summed E-state index contributed by atoms with van der Waals surface area (Å²) in [4.78, 5) is 20.9. The van der Waals surface area contributed by atoms with E-state index in [-0.39, 0.29) is 5.91 Å². The normalized spacial score (nSPS) is 10.4. The lowest BCUT2D eigenvalue weighted by molar-refractivity contribution is 0.0992. The molecule has 4 nitrogen and oxygen atoms in total. The molecule has 2 aromatic rings. The number of carbonyl (C=O) groups is 1. The van der Waals surface area contributed by atoms with Crippen molar-refractivity contribution in [3.05, 3.63) is 53.7 Å². The van der Waals surface area contributed by atoms with Crippen LogP contribution in [0.3, 0.4) is 0 Å². The van der Waals surface area contributed by atoms with Gasteiger partial charge in [-0.3, -0.25) is 9.69 Å². The molecular weight excluding hydrogens is 274 g/mol. The number of benzene rings is 1. The summed E-state index contributed by atoms with van der Waals surface area (Å²) in [6.45, 7) is 8.12. The van der Waals surface area contributed by atoms with E-state index in [9.17, 15) is 4.79 Å². The standard InChI is InChI=1S/C18H23N3O/c1-5-21(6-2)16-12-14(3)17(19-13-16)20(4)18(22)15-10-8-7-9-11-15/h7-13H,5-6H2,1-4H3. The number of hydrogen-bond acceptors (Lipinski definition) is 3. The predicted octanol–water partition coefficient (Wildman–Crippen LogP) is 3.51. The van der Waals surface area contributed by atoms with E-state index in [0.29, 0.717) is 11.4 Å². The molecule has 22 heavy (non-hydrogen) atoms. The summed E-state index contributed by atoms with van der Waals surface area (Å²) in [7, 11) is 1.77. The number of hydrogen-bond donors (Lipinski definition) is 0. The number of nitrogens with zero attached hydrogens (tertiary/aromatic N) is 3. The van der Waals surface area contributed by atoms with Crippen molar-refractivity contribution in [2.24, 2.45) is 0 Å². The van der Waals surface area contributed by atoms with E-state index in [2.05, 4.69) is 29.8 Å². The Bertz CT molecular complexity index is 636. The lowest BCUT2D eigenvalue weighted by Gasteiger charge is -2.23. The quantitative estimate of drug-likeness (QED) is 0.847. The molecule has 0 fully saturated rings. The topological polar surface area (TPSA) is 36.4 Å². The van der Waals surface area contributed by atoms with Crippen LogP contribution in [-0.2, 0) is 0 Å². The van der Waals surface area contributed by atoms with Gasteiger partial charge in [0.15, 0.2) is 0 Å². The summed E-state index contributed by atoms with van der Waals surface area (Å²) in [5, 5.41) is 0. The maximum Gasteiger partial charge on any atom is 0.259 e. The molecule has 2 rings (SSSR count). The van der Waals surface area contributed by atoms with Crippen molar-refractivity contribution in [3.63, 3.8) is 0 Å². The van der Waals surface area contributed by atoms with Crippen LogP contribution in [0, 0.1) is 6.92 Å². The third kappa shape index (κ3) is 3.27. The zero-order chi connectivity index (χ0) is 16.1. The molecular formula is C18H23N3O. The summed E-state index contributed by atoms with van der Waals surface area (Å²) in [5.74, 6) is 0.650. The lowest BCUT2D eigenvalue weighted by atomic mass is 10.2. The molecule has 0 bridgehead atoms. The maximum absolute atomic E-state index is 12.5. The number of pyridine rings is 1. The number of rotatable bonds is 5. The van der Waals surface area contributed by atoms with E-state index in [1.165, 1.54) is 0 Å². The van der Waals surface area contributed by atoms with Crippen LogP contribution in [0.5, 0.6) is 0 Å². The summed E-state index contributed by atoms with van der Waals surface area (Å²) in [6, 6.07) is 11.4. The van der Waals surface area contributed by atoms with E-state index in [4.69, 9.17) is 0 Å². The number of amides is 1. The Balaban J connectivity index is 2.27. The van der Waals surface area contributed by atoms with Crippen molar-refractivity contribution in [2.75, 3.05) is 29.9 Å². The second-order valence-electron chi connectivity index (χ2n) is 5.24. The molecule has 0 saturated carbocycles. The minimum absolute atomic E-state index is 0.0493. The minimum atomic E-state index is -0.0493. The molecule has 4 heteroatoms. The monoisotopic (exact) mass is 297 g/mol. The molecule has 0 unspecified atom stereocenters. The third-order valence-electron chi connectivity index (χ3n) is 3.81. The zero-order valence-electron chi connectivity index (χ0n) is 13.7. The maximum atomic E-state index is 12.5. The van der Waals surface area contributed by atoms with Gasteiger partial charge in [-0.2, -0.15) is 0 Å². The Kier molecular flexibility index (Phi) is 5.15. The number of anilines is 2. The van der Waals surface area contributed by atoms with Crippen LogP contribution >= 0.6 is 0 Å². The van der Waals surface area contributed by atoms with Crippen molar-refractivity contribution >= 4 is 17.4 Å². The Morgan fingerprint density at radius 2 is 1.77 bits per heavy atom. The summed E-state index contributed by atoms with van der Waals surface area (Å²) in [6.07, 6.45) is 1.84. The Labute approximate surface area is 132 Å². The Morgan fingerprint density at radius 3 is 2.32 bits per heavy atom. The summed E-state index contributed by atoms with van der Waals surface area (Å²) < 4.78 is 0. The van der Waals surface area contributed by atoms with Crippen LogP contribution in [0.4, 0.5) is 11.5 Å². The van der Waals surface area contributed by atoms with Gasteiger partial charge in [-0.1, -0.05) is 18.2 Å². The fourth-order valence-electron chi connectivity index (χ4n) is 2.54. The molecule has 0 saturated heterocycles. The number of carbonyl (C=O) groups excluding carboxylic acids is 1. The van der Waals surface area contributed by atoms with Gasteiger partial charge < -0.3 is 4.90 Å². The lowest BCUT2D eigenvalue weighted by Crippen LogP contribution is -2.28. The van der Waals surface area contributed by atoms with Gasteiger partial charge in [0, 0.05) is 25.7 Å². The van der Waals surface area contributed by atoms with Gasteiger partial charge >= 0.3 is 0 Å². The first-order chi connectivity index (χ1) is 10.6. The largest absolute Gasteiger partial charge is 0.371 e. The van der Waals surface area contributed by atoms with Crippen LogP contribution in [0.15, 0.2) is 42.6 Å². The van der Waals surface area contributed by atoms with Crippen molar-refractivity contribution in [3.8, 4) is 0 Å². The van der Waals surface area contributed by atoms with Gasteiger partial charge in [0.2, 0.25) is 0 Å². The van der Waals surface area contributed by atoms with Crippen LogP contribution in [0.2, 0.25) is 0 Å². The van der Waals surface area contributed by atoms with Gasteiger partial charge in [0.25, 0.3) is 5.91 Å². The van der Waals surface area contributed by atoms with E-state index >= 15 is 0 Å². The molecule has 0 aliphatic heterocycles. The second kappa shape index (κ2) is 7.07. The van der Waals surface area contributed by atoms with Gasteiger partial charge in [0.1, 0.15) is 5.82 Å². The highest BCUT2D eigenvalue weighted by molar-refractivity contribution is 6.05. The molecule has 0 N–H and O–H groups in total. The average Bonchev–Trinajstić information content (AvgIpc) is 2.55. The van der Waals surface area contributed by atoms with Crippen molar-refractivity contribution in [1.82, 2.24) is 4.98 Å². The molecule has 0 radical (unpaired) electrons. The van der Waals surface area contributed by atoms with Crippen molar-refractivity contribution < 1.29 is 4.79 Å².